The number of nitrogens with zero attached hydrogens (tertiary/aromatic N) is 2. The number of hydrogen-bond acceptors (Lipinski definition) is 7. The molecule has 4 aromatic rings. The van der Waals surface area contributed by atoms with Gasteiger partial charge >= 0.3 is 6.09 Å². The van der Waals surface area contributed by atoms with Crippen molar-refractivity contribution in [3.05, 3.63) is 118 Å². The van der Waals surface area contributed by atoms with Crippen LogP contribution in [0, 0.1) is 10.1 Å². The van der Waals surface area contributed by atoms with Crippen molar-refractivity contribution >= 4 is 33.6 Å². The Bertz CT molecular complexity index is 1530. The van der Waals surface area contributed by atoms with E-state index in [1.807, 2.05) is 48.5 Å². The molecular weight excluding hydrogens is 532 g/mol. The predicted octanol–water partition coefficient (Wildman–Crippen LogP) is 5.90. The van der Waals surface area contributed by atoms with Gasteiger partial charge in [0.15, 0.2) is 0 Å². The van der Waals surface area contributed by atoms with Crippen molar-refractivity contribution in [2.24, 2.45) is 0 Å². The molecule has 10 heteroatoms. The molecule has 1 aliphatic rings. The van der Waals surface area contributed by atoms with Gasteiger partial charge in [0.2, 0.25) is 0 Å². The Morgan fingerprint density at radius 2 is 1.65 bits per heavy atom. The molecule has 2 atom stereocenters. The first-order valence-corrected chi connectivity index (χ1v) is 14.0. The topological polar surface area (TPSA) is 122 Å². The zero-order valence-electron chi connectivity index (χ0n) is 21.5. The van der Waals surface area contributed by atoms with E-state index in [1.165, 1.54) is 18.2 Å². The van der Waals surface area contributed by atoms with E-state index in [2.05, 4.69) is 0 Å². The number of fused-ring (bicyclic) bond motifs is 1. The molecule has 1 fully saturated rings. The van der Waals surface area contributed by atoms with Gasteiger partial charge < -0.3 is 18.9 Å². The number of likely N-dealkylation sites (tertiary alicyclic amines) is 1. The van der Waals surface area contributed by atoms with Crippen LogP contribution in [0.25, 0.3) is 10.8 Å². The number of nitro benzene ring substituents is 1. The molecule has 2 unspecified atom stereocenters. The summed E-state index contributed by atoms with van der Waals surface area (Å²) in [4.78, 5) is 25.4. The van der Waals surface area contributed by atoms with E-state index >= 15 is 0 Å². The standard InChI is InChI=1S/C30H28N2O7S/c33-30(38-20-21-7-2-1-3-8-21)31-17-15-23(16-18-31)39-24-13-14-28(32(34)35)27(19-24)29(40(36)37)26-12-6-10-22-9-4-5-11-25(22)26/h1-14,19,23,29H,15-18,20H2,(H,36,37)/p-1. The van der Waals surface area contributed by atoms with E-state index in [0.29, 0.717) is 42.6 Å². The minimum Gasteiger partial charge on any atom is -0.772 e. The van der Waals surface area contributed by atoms with Crippen LogP contribution in [-0.2, 0) is 22.4 Å². The minimum atomic E-state index is -2.70. The molecule has 0 aromatic heterocycles. The van der Waals surface area contributed by atoms with E-state index in [0.717, 1.165) is 10.9 Å². The van der Waals surface area contributed by atoms with Crippen LogP contribution in [0.15, 0.2) is 91.0 Å². The van der Waals surface area contributed by atoms with Gasteiger partial charge in [-0.15, -0.1) is 0 Å². The summed E-state index contributed by atoms with van der Waals surface area (Å²) in [7, 11) is 0. The van der Waals surface area contributed by atoms with Crippen molar-refractivity contribution < 1.29 is 28.0 Å². The molecule has 206 valence electrons. The Kier molecular flexibility index (Phi) is 8.37. The third-order valence-electron chi connectivity index (χ3n) is 6.98. The van der Waals surface area contributed by atoms with Gasteiger partial charge in [0.05, 0.1) is 15.7 Å². The lowest BCUT2D eigenvalue weighted by molar-refractivity contribution is -0.385. The summed E-state index contributed by atoms with van der Waals surface area (Å²) in [5.41, 5.74) is 1.09. The predicted molar refractivity (Wildman–Crippen MR) is 150 cm³/mol. The second-order valence-electron chi connectivity index (χ2n) is 9.53. The van der Waals surface area contributed by atoms with Crippen molar-refractivity contribution in [1.82, 2.24) is 4.90 Å². The zero-order chi connectivity index (χ0) is 28.1. The molecule has 40 heavy (non-hydrogen) atoms. The number of carbonyl (C=O) groups excluding carboxylic acids is 1. The van der Waals surface area contributed by atoms with Crippen LogP contribution < -0.4 is 4.74 Å². The van der Waals surface area contributed by atoms with Gasteiger partial charge in [0.25, 0.3) is 5.69 Å². The zero-order valence-corrected chi connectivity index (χ0v) is 22.3. The molecular formula is C30H27N2O7S-. The molecule has 1 amide bonds. The molecule has 0 radical (unpaired) electrons. The van der Waals surface area contributed by atoms with E-state index in [-0.39, 0.29) is 24.0 Å². The SMILES string of the molecule is O=C(OCc1ccccc1)N1CCC(Oc2ccc([N+](=O)[O-])c(C(c3cccc4ccccc34)S(=O)[O-])c2)CC1. The Morgan fingerprint density at radius 3 is 2.38 bits per heavy atom. The lowest BCUT2D eigenvalue weighted by Crippen LogP contribution is -2.42. The molecule has 0 aliphatic carbocycles. The molecule has 1 saturated heterocycles. The molecule has 5 rings (SSSR count). The first kappa shape index (κ1) is 27.3. The third kappa shape index (κ3) is 6.13. The fourth-order valence-electron chi connectivity index (χ4n) is 5.00. The van der Waals surface area contributed by atoms with Crippen molar-refractivity contribution in [2.45, 2.75) is 30.8 Å². The maximum absolute atomic E-state index is 12.6. The number of piperidine rings is 1. The largest absolute Gasteiger partial charge is 0.772 e. The highest BCUT2D eigenvalue weighted by Crippen LogP contribution is 2.39. The van der Waals surface area contributed by atoms with Gasteiger partial charge in [-0.3, -0.25) is 14.3 Å². The highest BCUT2D eigenvalue weighted by molar-refractivity contribution is 7.79. The minimum absolute atomic E-state index is 0.0362. The van der Waals surface area contributed by atoms with Crippen LogP contribution in [0.2, 0.25) is 0 Å². The Morgan fingerprint density at radius 1 is 0.950 bits per heavy atom. The van der Waals surface area contributed by atoms with Gasteiger partial charge in [-0.1, -0.05) is 72.8 Å². The van der Waals surface area contributed by atoms with Crippen LogP contribution in [0.4, 0.5) is 10.5 Å². The molecule has 0 spiro atoms. The summed E-state index contributed by atoms with van der Waals surface area (Å²) in [5, 5.41) is 12.2. The van der Waals surface area contributed by atoms with Crippen LogP contribution in [0.1, 0.15) is 34.8 Å². The lowest BCUT2D eigenvalue weighted by Gasteiger charge is -2.31. The molecule has 1 heterocycles. The summed E-state index contributed by atoms with van der Waals surface area (Å²) in [6, 6.07) is 26.2. The average Bonchev–Trinajstić information content (AvgIpc) is 2.97. The Balaban J connectivity index is 1.32. The van der Waals surface area contributed by atoms with Crippen LogP contribution in [0.5, 0.6) is 5.75 Å². The fourth-order valence-corrected chi connectivity index (χ4v) is 5.80. The number of ether oxygens (including phenoxy) is 2. The Labute approximate surface area is 233 Å². The van der Waals surface area contributed by atoms with E-state index in [1.54, 1.807) is 29.2 Å². The molecule has 0 N–H and O–H groups in total. The first-order valence-electron chi connectivity index (χ1n) is 12.9. The van der Waals surface area contributed by atoms with Gasteiger partial charge in [0, 0.05) is 32.0 Å². The molecule has 4 aromatic carbocycles. The van der Waals surface area contributed by atoms with Gasteiger partial charge in [0.1, 0.15) is 18.5 Å². The monoisotopic (exact) mass is 559 g/mol. The number of benzene rings is 4. The molecule has 1 aliphatic heterocycles. The number of hydrogen-bond donors (Lipinski definition) is 0. The third-order valence-corrected chi connectivity index (χ3v) is 7.88. The highest BCUT2D eigenvalue weighted by Gasteiger charge is 2.29. The van der Waals surface area contributed by atoms with Crippen LogP contribution in [0.3, 0.4) is 0 Å². The van der Waals surface area contributed by atoms with Crippen molar-refractivity contribution in [2.75, 3.05) is 13.1 Å². The smallest absolute Gasteiger partial charge is 0.410 e. The van der Waals surface area contributed by atoms with Crippen molar-refractivity contribution in [1.29, 1.82) is 0 Å². The maximum Gasteiger partial charge on any atom is 0.410 e. The van der Waals surface area contributed by atoms with Crippen LogP contribution in [-0.4, -0.2) is 43.9 Å². The summed E-state index contributed by atoms with van der Waals surface area (Å²) >= 11 is -2.70. The summed E-state index contributed by atoms with van der Waals surface area (Å²) in [6.45, 7) is 1.06. The van der Waals surface area contributed by atoms with E-state index < -0.39 is 27.3 Å². The van der Waals surface area contributed by atoms with Crippen molar-refractivity contribution in [3.63, 3.8) is 0 Å². The van der Waals surface area contributed by atoms with Gasteiger partial charge in [-0.25, -0.2) is 4.79 Å². The number of amides is 1. The molecule has 0 saturated carbocycles. The first-order chi connectivity index (χ1) is 19.4. The summed E-state index contributed by atoms with van der Waals surface area (Å²) in [5.74, 6) is 0.335. The average molecular weight is 560 g/mol. The Hall–Kier alpha value is -4.28. The number of rotatable bonds is 8. The van der Waals surface area contributed by atoms with E-state index in [9.17, 15) is 23.7 Å². The molecule has 0 bridgehead atoms. The second kappa shape index (κ2) is 12.3. The molecule has 9 nitrogen and oxygen atoms in total. The quantitative estimate of drug-likeness (QED) is 0.150. The van der Waals surface area contributed by atoms with Crippen molar-refractivity contribution in [3.8, 4) is 5.75 Å². The van der Waals surface area contributed by atoms with Gasteiger partial charge in [-0.2, -0.15) is 0 Å². The summed E-state index contributed by atoms with van der Waals surface area (Å²) < 4.78 is 36.7. The summed E-state index contributed by atoms with van der Waals surface area (Å²) in [6.07, 6.45) is 0.428. The lowest BCUT2D eigenvalue weighted by atomic mass is 9.96. The van der Waals surface area contributed by atoms with E-state index in [4.69, 9.17) is 9.47 Å². The number of nitro groups is 1. The second-order valence-corrected chi connectivity index (χ2v) is 10.5. The maximum atomic E-state index is 12.6. The number of carbonyl (C=O) groups is 1. The van der Waals surface area contributed by atoms with Gasteiger partial charge in [-0.05, 0) is 45.1 Å². The highest BCUT2D eigenvalue weighted by atomic mass is 32.2. The van der Waals surface area contributed by atoms with Crippen LogP contribution >= 0.6 is 0 Å². The fraction of sp³-hybridized carbons (Fsp3) is 0.233. The normalized spacial score (nSPS) is 15.4.